The summed E-state index contributed by atoms with van der Waals surface area (Å²) in [6.45, 7) is 3.22. The predicted octanol–water partition coefficient (Wildman–Crippen LogP) is 3.59. The lowest BCUT2D eigenvalue weighted by molar-refractivity contribution is 0.0791. The summed E-state index contributed by atoms with van der Waals surface area (Å²) in [5.74, 6) is 1.67. The maximum Gasteiger partial charge on any atom is 0.259 e. The number of methoxy groups -OCH3 is 2. The first-order valence-electron chi connectivity index (χ1n) is 9.14. The zero-order valence-electron chi connectivity index (χ0n) is 16.5. The van der Waals surface area contributed by atoms with Crippen LogP contribution >= 0.6 is 0 Å². The molecule has 0 aliphatic carbocycles. The lowest BCUT2D eigenvalue weighted by atomic mass is 10.1. The molecule has 1 heterocycles. The van der Waals surface area contributed by atoms with E-state index < -0.39 is 0 Å². The van der Waals surface area contributed by atoms with E-state index in [9.17, 15) is 4.79 Å². The maximum atomic E-state index is 12.8. The summed E-state index contributed by atoms with van der Waals surface area (Å²) in [6, 6.07) is 9.28. The molecule has 0 saturated heterocycles. The van der Waals surface area contributed by atoms with Gasteiger partial charge in [0.1, 0.15) is 5.56 Å². The van der Waals surface area contributed by atoms with Crippen LogP contribution in [0.15, 0.2) is 36.5 Å². The Bertz CT molecular complexity index is 749. The first kappa shape index (κ1) is 20.6. The van der Waals surface area contributed by atoms with E-state index in [0.29, 0.717) is 42.5 Å². The number of ether oxygens (including phenoxy) is 3. The average molecular weight is 372 g/mol. The first-order chi connectivity index (χ1) is 13.1. The molecule has 6 nitrogen and oxygen atoms in total. The quantitative estimate of drug-likeness (QED) is 0.597. The highest BCUT2D eigenvalue weighted by molar-refractivity contribution is 5.96. The second-order valence-corrected chi connectivity index (χ2v) is 6.22. The van der Waals surface area contributed by atoms with Gasteiger partial charge in [0.2, 0.25) is 5.88 Å². The average Bonchev–Trinajstić information content (AvgIpc) is 2.71. The van der Waals surface area contributed by atoms with Gasteiger partial charge in [0.05, 0.1) is 20.8 Å². The normalized spacial score (nSPS) is 10.4. The molecule has 0 aliphatic heterocycles. The molecule has 0 unspecified atom stereocenters. The number of carbonyl (C=O) groups is 1. The van der Waals surface area contributed by atoms with Crippen LogP contribution in [0.25, 0.3) is 0 Å². The van der Waals surface area contributed by atoms with E-state index in [1.165, 1.54) is 0 Å². The predicted molar refractivity (Wildman–Crippen MR) is 105 cm³/mol. The highest BCUT2D eigenvalue weighted by atomic mass is 16.5. The third-order valence-electron chi connectivity index (χ3n) is 4.27. The van der Waals surface area contributed by atoms with Gasteiger partial charge in [-0.05, 0) is 42.7 Å². The molecular formula is C21H28N2O4. The summed E-state index contributed by atoms with van der Waals surface area (Å²) in [7, 11) is 5.00. The van der Waals surface area contributed by atoms with Crippen molar-refractivity contribution in [3.8, 4) is 17.4 Å². The summed E-state index contributed by atoms with van der Waals surface area (Å²) >= 11 is 0. The van der Waals surface area contributed by atoms with Crippen LogP contribution in [0.1, 0.15) is 35.7 Å². The summed E-state index contributed by atoms with van der Waals surface area (Å²) in [4.78, 5) is 18.7. The van der Waals surface area contributed by atoms with Gasteiger partial charge in [-0.25, -0.2) is 4.98 Å². The molecule has 0 spiro atoms. The van der Waals surface area contributed by atoms with Crippen molar-refractivity contribution >= 4 is 5.91 Å². The van der Waals surface area contributed by atoms with Crippen LogP contribution in [0, 0.1) is 0 Å². The van der Waals surface area contributed by atoms with Crippen LogP contribution in [0.5, 0.6) is 17.4 Å². The topological polar surface area (TPSA) is 60.9 Å². The molecule has 0 bridgehead atoms. The third-order valence-corrected chi connectivity index (χ3v) is 4.27. The SMILES string of the molecule is CCCCOc1ncccc1C(=O)N(C)CCc1ccc(OC)c(OC)c1. The van der Waals surface area contributed by atoms with Crippen molar-refractivity contribution in [3.05, 3.63) is 47.7 Å². The van der Waals surface area contributed by atoms with E-state index in [2.05, 4.69) is 11.9 Å². The lowest BCUT2D eigenvalue weighted by Crippen LogP contribution is -2.29. The molecule has 0 fully saturated rings. The van der Waals surface area contributed by atoms with Crippen LogP contribution in [-0.2, 0) is 6.42 Å². The van der Waals surface area contributed by atoms with Gasteiger partial charge in [0.25, 0.3) is 5.91 Å². The van der Waals surface area contributed by atoms with Crippen molar-refractivity contribution in [2.45, 2.75) is 26.2 Å². The number of pyridine rings is 1. The Morgan fingerprint density at radius 2 is 1.93 bits per heavy atom. The molecule has 1 aromatic carbocycles. The van der Waals surface area contributed by atoms with Crippen LogP contribution in [0.3, 0.4) is 0 Å². The number of amides is 1. The summed E-state index contributed by atoms with van der Waals surface area (Å²) < 4.78 is 16.3. The Kier molecular flexibility index (Phi) is 7.92. The molecule has 1 amide bonds. The van der Waals surface area contributed by atoms with Gasteiger partial charge >= 0.3 is 0 Å². The second kappa shape index (κ2) is 10.4. The molecule has 0 aliphatic rings. The molecule has 0 radical (unpaired) electrons. The minimum Gasteiger partial charge on any atom is -0.493 e. The molecular weight excluding hydrogens is 344 g/mol. The lowest BCUT2D eigenvalue weighted by Gasteiger charge is -2.19. The number of hydrogen-bond acceptors (Lipinski definition) is 5. The highest BCUT2D eigenvalue weighted by Gasteiger charge is 2.18. The van der Waals surface area contributed by atoms with E-state index in [1.54, 1.807) is 44.5 Å². The zero-order chi connectivity index (χ0) is 19.6. The number of unbranched alkanes of at least 4 members (excludes halogenated alkanes) is 1. The summed E-state index contributed by atoms with van der Waals surface area (Å²) in [5.41, 5.74) is 1.56. The van der Waals surface area contributed by atoms with E-state index in [0.717, 1.165) is 18.4 Å². The van der Waals surface area contributed by atoms with Gasteiger partial charge in [0, 0.05) is 19.8 Å². The van der Waals surface area contributed by atoms with E-state index >= 15 is 0 Å². The number of carbonyl (C=O) groups excluding carboxylic acids is 1. The van der Waals surface area contributed by atoms with Crippen LogP contribution < -0.4 is 14.2 Å². The Labute approximate surface area is 161 Å². The Hall–Kier alpha value is -2.76. The van der Waals surface area contributed by atoms with Crippen LogP contribution in [0.2, 0.25) is 0 Å². The number of nitrogens with zero attached hydrogens (tertiary/aromatic N) is 2. The third kappa shape index (κ3) is 5.61. The Morgan fingerprint density at radius 1 is 1.15 bits per heavy atom. The highest BCUT2D eigenvalue weighted by Crippen LogP contribution is 2.27. The van der Waals surface area contributed by atoms with Gasteiger partial charge in [0.15, 0.2) is 11.5 Å². The minimum atomic E-state index is -0.102. The number of benzene rings is 1. The summed E-state index contributed by atoms with van der Waals surface area (Å²) in [6.07, 6.45) is 4.30. The molecule has 0 atom stereocenters. The molecule has 1 aromatic heterocycles. The molecule has 2 rings (SSSR count). The number of hydrogen-bond donors (Lipinski definition) is 0. The van der Waals surface area contributed by atoms with Crippen molar-refractivity contribution in [2.75, 3.05) is 34.4 Å². The van der Waals surface area contributed by atoms with Gasteiger partial charge in [-0.1, -0.05) is 19.4 Å². The second-order valence-electron chi connectivity index (χ2n) is 6.22. The number of aromatic nitrogens is 1. The fraction of sp³-hybridized carbons (Fsp3) is 0.429. The molecule has 146 valence electrons. The first-order valence-corrected chi connectivity index (χ1v) is 9.14. The largest absolute Gasteiger partial charge is 0.493 e. The van der Waals surface area contributed by atoms with Crippen molar-refractivity contribution in [2.24, 2.45) is 0 Å². The van der Waals surface area contributed by atoms with Crippen molar-refractivity contribution in [1.82, 2.24) is 9.88 Å². The van der Waals surface area contributed by atoms with Crippen molar-refractivity contribution < 1.29 is 19.0 Å². The summed E-state index contributed by atoms with van der Waals surface area (Å²) in [5, 5.41) is 0. The molecule has 6 heteroatoms. The Balaban J connectivity index is 2.02. The number of rotatable bonds is 10. The van der Waals surface area contributed by atoms with E-state index in [-0.39, 0.29) is 5.91 Å². The minimum absolute atomic E-state index is 0.102. The van der Waals surface area contributed by atoms with Crippen LogP contribution in [-0.4, -0.2) is 50.2 Å². The van der Waals surface area contributed by atoms with E-state index in [1.807, 2.05) is 18.2 Å². The maximum absolute atomic E-state index is 12.8. The van der Waals surface area contributed by atoms with Gasteiger partial charge < -0.3 is 19.1 Å². The molecule has 27 heavy (non-hydrogen) atoms. The monoisotopic (exact) mass is 372 g/mol. The fourth-order valence-corrected chi connectivity index (χ4v) is 2.62. The van der Waals surface area contributed by atoms with Gasteiger partial charge in [-0.3, -0.25) is 4.79 Å². The number of likely N-dealkylation sites (N-methyl/N-ethyl adjacent to an activating group) is 1. The smallest absolute Gasteiger partial charge is 0.259 e. The van der Waals surface area contributed by atoms with E-state index in [4.69, 9.17) is 14.2 Å². The van der Waals surface area contributed by atoms with Gasteiger partial charge in [-0.15, -0.1) is 0 Å². The van der Waals surface area contributed by atoms with Crippen LogP contribution in [0.4, 0.5) is 0 Å². The van der Waals surface area contributed by atoms with Gasteiger partial charge in [-0.2, -0.15) is 0 Å². The standard InChI is InChI=1S/C21H28N2O4/c1-5-6-14-27-20-17(8-7-12-22-20)21(24)23(2)13-11-16-9-10-18(25-3)19(15-16)26-4/h7-10,12,15H,5-6,11,13-14H2,1-4H3. The molecule has 2 aromatic rings. The van der Waals surface area contributed by atoms with Crippen molar-refractivity contribution in [1.29, 1.82) is 0 Å². The fourth-order valence-electron chi connectivity index (χ4n) is 2.62. The zero-order valence-corrected chi connectivity index (χ0v) is 16.5. The molecule has 0 saturated carbocycles. The Morgan fingerprint density at radius 3 is 2.63 bits per heavy atom. The molecule has 0 N–H and O–H groups in total. The van der Waals surface area contributed by atoms with Crippen molar-refractivity contribution in [3.63, 3.8) is 0 Å².